The molecule has 1 aromatic heterocycles. The summed E-state index contributed by atoms with van der Waals surface area (Å²) >= 11 is 0. The van der Waals surface area contributed by atoms with Crippen molar-refractivity contribution in [3.05, 3.63) is 29.5 Å². The van der Waals surface area contributed by atoms with Crippen LogP contribution in [0.25, 0.3) is 0 Å². The van der Waals surface area contributed by atoms with E-state index in [4.69, 9.17) is 14.2 Å². The molecule has 0 N–H and O–H groups in total. The van der Waals surface area contributed by atoms with Gasteiger partial charge in [0.25, 0.3) is 5.88 Å². The monoisotopic (exact) mass is 429 g/mol. The summed E-state index contributed by atoms with van der Waals surface area (Å²) < 4.78 is 69.2. The van der Waals surface area contributed by atoms with E-state index in [-0.39, 0.29) is 24.4 Å². The van der Waals surface area contributed by atoms with Crippen molar-refractivity contribution in [3.8, 4) is 11.6 Å². The zero-order valence-electron chi connectivity index (χ0n) is 16.5. The molecule has 0 amide bonds. The number of aromatic nitrogens is 1. The molecule has 30 heavy (non-hydrogen) atoms. The molecule has 6 nitrogen and oxygen atoms in total. The van der Waals surface area contributed by atoms with E-state index in [9.17, 15) is 17.6 Å². The lowest BCUT2D eigenvalue weighted by molar-refractivity contribution is -0.153. The molecule has 0 spiro atoms. The molecule has 3 aliphatic rings. The molecule has 2 atom stereocenters. The summed E-state index contributed by atoms with van der Waals surface area (Å²) in [6.45, 7) is 3.92. The highest BCUT2D eigenvalue weighted by atomic mass is 19.4. The van der Waals surface area contributed by atoms with E-state index in [0.717, 1.165) is 6.21 Å². The Kier molecular flexibility index (Phi) is 5.86. The van der Waals surface area contributed by atoms with Gasteiger partial charge in [0, 0.05) is 25.4 Å². The van der Waals surface area contributed by atoms with Gasteiger partial charge >= 0.3 is 6.18 Å². The maximum atomic E-state index is 14.5. The van der Waals surface area contributed by atoms with E-state index in [0.29, 0.717) is 56.5 Å². The van der Waals surface area contributed by atoms with Gasteiger partial charge in [-0.1, -0.05) is 0 Å². The average molecular weight is 429 g/mol. The van der Waals surface area contributed by atoms with Gasteiger partial charge in [0.1, 0.15) is 25.1 Å². The Bertz CT molecular complexity index is 835. The van der Waals surface area contributed by atoms with Crippen molar-refractivity contribution in [2.45, 2.75) is 44.5 Å². The SMILES string of the molecule is CC(c1nc2c(cc1F)OCCO2)N1CCC(OC2=CCC(C(F)(F)F)C=N2)CC1. The van der Waals surface area contributed by atoms with Gasteiger partial charge in [-0.2, -0.15) is 13.2 Å². The second-order valence-electron chi connectivity index (χ2n) is 7.59. The minimum absolute atomic E-state index is 0.141. The van der Waals surface area contributed by atoms with Gasteiger partial charge < -0.3 is 14.2 Å². The molecule has 0 saturated carbocycles. The fraction of sp³-hybridized carbons (Fsp3) is 0.600. The number of piperidine rings is 1. The van der Waals surface area contributed by atoms with Crippen LogP contribution in [0.2, 0.25) is 0 Å². The zero-order chi connectivity index (χ0) is 21.3. The first-order chi connectivity index (χ1) is 14.3. The Morgan fingerprint density at radius 2 is 1.93 bits per heavy atom. The summed E-state index contributed by atoms with van der Waals surface area (Å²) in [5, 5.41) is 0. The van der Waals surface area contributed by atoms with Crippen molar-refractivity contribution < 1.29 is 31.8 Å². The minimum Gasteiger partial charge on any atom is -0.484 e. The number of likely N-dealkylation sites (tertiary alicyclic amines) is 1. The molecule has 0 bridgehead atoms. The number of hydrogen-bond acceptors (Lipinski definition) is 6. The van der Waals surface area contributed by atoms with Gasteiger partial charge in [0.2, 0.25) is 5.88 Å². The van der Waals surface area contributed by atoms with Gasteiger partial charge in [-0.15, -0.1) is 0 Å². The van der Waals surface area contributed by atoms with Crippen LogP contribution in [0.4, 0.5) is 17.6 Å². The van der Waals surface area contributed by atoms with E-state index < -0.39 is 17.9 Å². The minimum atomic E-state index is -4.29. The van der Waals surface area contributed by atoms with E-state index in [1.807, 2.05) is 6.92 Å². The van der Waals surface area contributed by atoms with Crippen molar-refractivity contribution in [1.82, 2.24) is 9.88 Å². The predicted octanol–water partition coefficient (Wildman–Crippen LogP) is 4.03. The fourth-order valence-electron chi connectivity index (χ4n) is 3.78. The van der Waals surface area contributed by atoms with Gasteiger partial charge in [0.05, 0.1) is 17.7 Å². The first-order valence-corrected chi connectivity index (χ1v) is 9.99. The van der Waals surface area contributed by atoms with Crippen LogP contribution in [0.3, 0.4) is 0 Å². The lowest BCUT2D eigenvalue weighted by atomic mass is 10.0. The number of rotatable bonds is 4. The number of fused-ring (bicyclic) bond motifs is 1. The number of halogens is 4. The molecule has 0 aliphatic carbocycles. The van der Waals surface area contributed by atoms with Crippen LogP contribution in [0.15, 0.2) is 23.0 Å². The summed E-state index contributed by atoms with van der Waals surface area (Å²) in [5.74, 6) is -1.13. The molecular formula is C20H23F4N3O3. The Morgan fingerprint density at radius 1 is 1.20 bits per heavy atom. The average Bonchev–Trinajstić information content (AvgIpc) is 2.73. The zero-order valence-corrected chi connectivity index (χ0v) is 16.5. The number of hydrogen-bond donors (Lipinski definition) is 0. The Hall–Kier alpha value is -2.36. The molecule has 1 aromatic rings. The van der Waals surface area contributed by atoms with Crippen LogP contribution in [-0.2, 0) is 4.74 Å². The first kappa shape index (κ1) is 20.9. The lowest BCUT2D eigenvalue weighted by Gasteiger charge is -2.36. The molecule has 3 aliphatic heterocycles. The van der Waals surface area contributed by atoms with Gasteiger partial charge in [-0.25, -0.2) is 14.4 Å². The fourth-order valence-corrected chi connectivity index (χ4v) is 3.78. The molecular weight excluding hydrogens is 406 g/mol. The number of aliphatic imine (C=N–C) groups is 1. The van der Waals surface area contributed by atoms with E-state index in [2.05, 4.69) is 14.9 Å². The normalized spacial score (nSPS) is 23.8. The maximum Gasteiger partial charge on any atom is 0.396 e. The van der Waals surface area contributed by atoms with Gasteiger partial charge in [-0.3, -0.25) is 4.90 Å². The third-order valence-electron chi connectivity index (χ3n) is 5.57. The quantitative estimate of drug-likeness (QED) is 0.677. The smallest absolute Gasteiger partial charge is 0.396 e. The molecule has 0 aromatic carbocycles. The number of ether oxygens (including phenoxy) is 3. The third-order valence-corrected chi connectivity index (χ3v) is 5.57. The third kappa shape index (κ3) is 4.53. The molecule has 0 radical (unpaired) electrons. The molecule has 4 heterocycles. The number of nitrogens with zero attached hydrogens (tertiary/aromatic N) is 3. The summed E-state index contributed by atoms with van der Waals surface area (Å²) in [5.41, 5.74) is 0.302. The highest BCUT2D eigenvalue weighted by molar-refractivity contribution is 5.64. The van der Waals surface area contributed by atoms with E-state index in [1.54, 1.807) is 0 Å². The largest absolute Gasteiger partial charge is 0.484 e. The van der Waals surface area contributed by atoms with Gasteiger partial charge in [-0.05, 0) is 32.3 Å². The summed E-state index contributed by atoms with van der Waals surface area (Å²) in [6, 6.07) is 1.05. The second-order valence-corrected chi connectivity index (χ2v) is 7.59. The van der Waals surface area contributed by atoms with Crippen LogP contribution < -0.4 is 9.47 Å². The number of allylic oxidation sites excluding steroid dienone is 1. The summed E-state index contributed by atoms with van der Waals surface area (Å²) in [4.78, 5) is 10.2. The summed E-state index contributed by atoms with van der Waals surface area (Å²) in [7, 11) is 0. The van der Waals surface area contributed by atoms with Crippen LogP contribution in [0.5, 0.6) is 11.6 Å². The molecule has 4 rings (SSSR count). The van der Waals surface area contributed by atoms with Crippen LogP contribution in [-0.4, -0.2) is 54.7 Å². The highest BCUT2D eigenvalue weighted by Gasteiger charge is 2.39. The Balaban J connectivity index is 1.32. The molecule has 164 valence electrons. The van der Waals surface area contributed by atoms with Gasteiger partial charge in [0.15, 0.2) is 5.75 Å². The maximum absolute atomic E-state index is 14.5. The molecule has 1 saturated heterocycles. The lowest BCUT2D eigenvalue weighted by Crippen LogP contribution is -2.39. The molecule has 2 unspecified atom stereocenters. The molecule has 1 fully saturated rings. The van der Waals surface area contributed by atoms with Crippen molar-refractivity contribution in [1.29, 1.82) is 0 Å². The van der Waals surface area contributed by atoms with Crippen LogP contribution >= 0.6 is 0 Å². The Morgan fingerprint density at radius 3 is 2.60 bits per heavy atom. The number of pyridine rings is 1. The van der Waals surface area contributed by atoms with Crippen molar-refractivity contribution in [3.63, 3.8) is 0 Å². The second kappa shape index (κ2) is 8.41. The highest BCUT2D eigenvalue weighted by Crippen LogP contribution is 2.35. The molecule has 10 heteroatoms. The number of alkyl halides is 3. The van der Waals surface area contributed by atoms with Crippen LogP contribution in [0, 0.1) is 11.7 Å². The van der Waals surface area contributed by atoms with Crippen LogP contribution in [0.1, 0.15) is 37.9 Å². The topological polar surface area (TPSA) is 56.2 Å². The summed E-state index contributed by atoms with van der Waals surface area (Å²) in [6.07, 6.45) is -0.975. The van der Waals surface area contributed by atoms with E-state index >= 15 is 0 Å². The predicted molar refractivity (Wildman–Crippen MR) is 100 cm³/mol. The van der Waals surface area contributed by atoms with Crippen molar-refractivity contribution >= 4 is 6.21 Å². The Labute approximate surface area is 171 Å². The van der Waals surface area contributed by atoms with E-state index in [1.165, 1.54) is 12.1 Å². The van der Waals surface area contributed by atoms with Crippen molar-refractivity contribution in [2.24, 2.45) is 10.9 Å². The van der Waals surface area contributed by atoms with Crippen molar-refractivity contribution in [2.75, 3.05) is 26.3 Å². The standard InChI is InChI=1S/C20H23F4N3O3/c1-12(18-15(21)10-16-19(26-18)29-9-8-28-16)27-6-4-14(5-7-27)30-17-3-2-13(11-25-17)20(22,23)24/h3,10-14H,2,4-9H2,1H3. The first-order valence-electron chi connectivity index (χ1n) is 9.99.